The zero-order valence-electron chi connectivity index (χ0n) is 17.4. The molecule has 2 aromatic carbocycles. The van der Waals surface area contributed by atoms with Crippen LogP contribution in [-0.4, -0.2) is 39.6 Å². The van der Waals surface area contributed by atoms with Gasteiger partial charge in [0.15, 0.2) is 0 Å². The Kier molecular flexibility index (Phi) is 5.43. The van der Waals surface area contributed by atoms with Gasteiger partial charge >= 0.3 is 0 Å². The molecule has 1 aliphatic heterocycles. The lowest BCUT2D eigenvalue weighted by atomic mass is 10.1. The Morgan fingerprint density at radius 1 is 1.00 bits per heavy atom. The first-order valence-corrected chi connectivity index (χ1v) is 11.2. The van der Waals surface area contributed by atoms with Gasteiger partial charge in [0.1, 0.15) is 11.6 Å². The monoisotopic (exact) mass is 403 g/mol. The van der Waals surface area contributed by atoms with E-state index < -0.39 is 0 Å². The number of carbonyl (C=O) groups excluding carboxylic acids is 1. The van der Waals surface area contributed by atoms with E-state index >= 15 is 0 Å². The average molecular weight is 404 g/mol. The molecular formula is C25H29N3O2. The largest absolute Gasteiger partial charge is 0.494 e. The van der Waals surface area contributed by atoms with Crippen LogP contribution in [0.5, 0.6) is 5.75 Å². The number of fused-ring (bicyclic) bond motifs is 1. The van der Waals surface area contributed by atoms with Crippen LogP contribution in [0.15, 0.2) is 54.6 Å². The number of ether oxygens (including phenoxy) is 1. The zero-order chi connectivity index (χ0) is 20.3. The molecule has 2 heterocycles. The van der Waals surface area contributed by atoms with Crippen LogP contribution in [0.1, 0.15) is 50.3 Å². The number of aryl methyl sites for hydroxylation is 1. The summed E-state index contributed by atoms with van der Waals surface area (Å²) >= 11 is 0. The molecule has 1 aromatic heterocycles. The molecule has 2 aliphatic rings. The first-order chi connectivity index (χ1) is 14.8. The van der Waals surface area contributed by atoms with Crippen molar-refractivity contribution in [3.8, 4) is 5.75 Å². The molecule has 2 fully saturated rings. The first kappa shape index (κ1) is 19.2. The number of hydrogen-bond acceptors (Lipinski definition) is 3. The lowest BCUT2D eigenvalue weighted by Crippen LogP contribution is -2.34. The van der Waals surface area contributed by atoms with Gasteiger partial charge in [-0.05, 0) is 43.5 Å². The summed E-state index contributed by atoms with van der Waals surface area (Å²) in [4.78, 5) is 19.9. The van der Waals surface area contributed by atoms with Gasteiger partial charge in [0.05, 0.1) is 17.6 Å². The van der Waals surface area contributed by atoms with Gasteiger partial charge in [-0.1, -0.05) is 43.2 Å². The molecule has 0 spiro atoms. The molecule has 0 radical (unpaired) electrons. The fraction of sp³-hybridized carbons (Fsp3) is 0.440. The second kappa shape index (κ2) is 8.50. The molecule has 0 N–H and O–H groups in total. The molecule has 0 bridgehead atoms. The molecular weight excluding hydrogens is 374 g/mol. The van der Waals surface area contributed by atoms with E-state index in [-0.39, 0.29) is 5.92 Å². The number of benzene rings is 2. The fourth-order valence-electron chi connectivity index (χ4n) is 5.04. The summed E-state index contributed by atoms with van der Waals surface area (Å²) in [5.74, 6) is 2.45. The molecule has 156 valence electrons. The highest BCUT2D eigenvalue weighted by molar-refractivity contribution is 5.81. The normalized spacial score (nSPS) is 19.8. The molecule has 1 atom stereocenters. The molecule has 1 amide bonds. The van der Waals surface area contributed by atoms with Crippen molar-refractivity contribution >= 4 is 16.9 Å². The maximum atomic E-state index is 12.8. The van der Waals surface area contributed by atoms with Crippen LogP contribution in [0.25, 0.3) is 11.0 Å². The topological polar surface area (TPSA) is 47.4 Å². The SMILES string of the molecule is O=C1CC(c2nc3ccccc3n2CCCOc2ccccc2)CN1C1CCCC1. The van der Waals surface area contributed by atoms with Gasteiger partial charge in [0, 0.05) is 31.5 Å². The Morgan fingerprint density at radius 2 is 1.77 bits per heavy atom. The number of nitrogens with zero attached hydrogens (tertiary/aromatic N) is 3. The highest BCUT2D eigenvalue weighted by Crippen LogP contribution is 2.35. The summed E-state index contributed by atoms with van der Waals surface area (Å²) in [6.07, 6.45) is 6.30. The van der Waals surface area contributed by atoms with Gasteiger partial charge in [-0.15, -0.1) is 0 Å². The van der Waals surface area contributed by atoms with E-state index in [9.17, 15) is 4.79 Å². The number of hydrogen-bond donors (Lipinski definition) is 0. The van der Waals surface area contributed by atoms with Gasteiger partial charge in [0.2, 0.25) is 5.91 Å². The van der Waals surface area contributed by atoms with Crippen LogP contribution in [0, 0.1) is 0 Å². The number of para-hydroxylation sites is 3. The van der Waals surface area contributed by atoms with E-state index in [1.54, 1.807) is 0 Å². The maximum absolute atomic E-state index is 12.8. The van der Waals surface area contributed by atoms with Crippen molar-refractivity contribution in [2.24, 2.45) is 0 Å². The number of aromatic nitrogens is 2. The minimum atomic E-state index is 0.181. The Labute approximate surface area is 177 Å². The molecule has 30 heavy (non-hydrogen) atoms. The molecule has 5 heteroatoms. The molecule has 5 nitrogen and oxygen atoms in total. The number of carbonyl (C=O) groups is 1. The van der Waals surface area contributed by atoms with Crippen molar-refractivity contribution in [3.63, 3.8) is 0 Å². The van der Waals surface area contributed by atoms with E-state index in [1.165, 1.54) is 12.8 Å². The van der Waals surface area contributed by atoms with Gasteiger partial charge in [-0.3, -0.25) is 4.79 Å². The van der Waals surface area contributed by atoms with Crippen molar-refractivity contribution in [1.29, 1.82) is 0 Å². The number of amides is 1. The minimum Gasteiger partial charge on any atom is -0.494 e. The van der Waals surface area contributed by atoms with Crippen LogP contribution >= 0.6 is 0 Å². The van der Waals surface area contributed by atoms with Crippen molar-refractivity contribution in [1.82, 2.24) is 14.5 Å². The zero-order valence-corrected chi connectivity index (χ0v) is 17.4. The third-order valence-electron chi connectivity index (χ3n) is 6.51. The van der Waals surface area contributed by atoms with Gasteiger partial charge in [-0.25, -0.2) is 4.98 Å². The van der Waals surface area contributed by atoms with E-state index in [0.717, 1.165) is 55.0 Å². The molecule has 1 aliphatic carbocycles. The Bertz CT molecular complexity index is 1010. The highest BCUT2D eigenvalue weighted by atomic mass is 16.5. The lowest BCUT2D eigenvalue weighted by Gasteiger charge is -2.24. The minimum absolute atomic E-state index is 0.181. The number of likely N-dealkylation sites (tertiary alicyclic amines) is 1. The van der Waals surface area contributed by atoms with Crippen LogP contribution in [0.4, 0.5) is 0 Å². The van der Waals surface area contributed by atoms with Gasteiger partial charge in [0.25, 0.3) is 0 Å². The van der Waals surface area contributed by atoms with E-state index in [0.29, 0.717) is 25.0 Å². The number of imidazole rings is 1. The molecule has 1 unspecified atom stereocenters. The Hall–Kier alpha value is -2.82. The fourth-order valence-corrected chi connectivity index (χ4v) is 5.04. The van der Waals surface area contributed by atoms with Crippen molar-refractivity contribution in [2.75, 3.05) is 13.2 Å². The predicted octanol–water partition coefficient (Wildman–Crippen LogP) is 4.76. The third kappa shape index (κ3) is 3.81. The standard InChI is InChI=1S/C25H29N3O2/c29-24-17-19(18-28(24)20-9-4-5-10-20)25-26-22-13-6-7-14-23(22)27(25)15-8-16-30-21-11-2-1-3-12-21/h1-3,6-7,11-14,19-20H,4-5,8-10,15-18H2. The quantitative estimate of drug-likeness (QED) is 0.534. The molecule has 3 aromatic rings. The predicted molar refractivity (Wildman–Crippen MR) is 118 cm³/mol. The summed E-state index contributed by atoms with van der Waals surface area (Å²) in [6, 6.07) is 18.7. The van der Waals surface area contributed by atoms with E-state index in [2.05, 4.69) is 27.7 Å². The third-order valence-corrected chi connectivity index (χ3v) is 6.51. The lowest BCUT2D eigenvalue weighted by molar-refractivity contribution is -0.129. The van der Waals surface area contributed by atoms with E-state index in [1.807, 2.05) is 36.4 Å². The van der Waals surface area contributed by atoms with Gasteiger partial charge < -0.3 is 14.2 Å². The average Bonchev–Trinajstić information content (AvgIpc) is 3.50. The summed E-state index contributed by atoms with van der Waals surface area (Å²) in [6.45, 7) is 2.32. The smallest absolute Gasteiger partial charge is 0.223 e. The Balaban J connectivity index is 1.33. The van der Waals surface area contributed by atoms with Crippen LogP contribution in [0.2, 0.25) is 0 Å². The van der Waals surface area contributed by atoms with Gasteiger partial charge in [-0.2, -0.15) is 0 Å². The second-order valence-electron chi connectivity index (χ2n) is 8.51. The summed E-state index contributed by atoms with van der Waals surface area (Å²) in [5, 5.41) is 0. The van der Waals surface area contributed by atoms with Crippen molar-refractivity contribution in [3.05, 3.63) is 60.4 Å². The van der Waals surface area contributed by atoms with Crippen LogP contribution in [0.3, 0.4) is 0 Å². The number of rotatable bonds is 7. The van der Waals surface area contributed by atoms with Crippen LogP contribution < -0.4 is 4.74 Å². The maximum Gasteiger partial charge on any atom is 0.223 e. The second-order valence-corrected chi connectivity index (χ2v) is 8.51. The van der Waals surface area contributed by atoms with Crippen LogP contribution in [-0.2, 0) is 11.3 Å². The summed E-state index contributed by atoms with van der Waals surface area (Å²) in [7, 11) is 0. The van der Waals surface area contributed by atoms with Crippen molar-refractivity contribution in [2.45, 2.75) is 57.0 Å². The summed E-state index contributed by atoms with van der Waals surface area (Å²) in [5.41, 5.74) is 2.17. The van der Waals surface area contributed by atoms with Crippen molar-refractivity contribution < 1.29 is 9.53 Å². The Morgan fingerprint density at radius 3 is 2.60 bits per heavy atom. The molecule has 1 saturated heterocycles. The molecule has 1 saturated carbocycles. The highest BCUT2D eigenvalue weighted by Gasteiger charge is 2.38. The first-order valence-electron chi connectivity index (χ1n) is 11.2. The molecule has 5 rings (SSSR count). The summed E-state index contributed by atoms with van der Waals surface area (Å²) < 4.78 is 8.21. The van der Waals surface area contributed by atoms with E-state index in [4.69, 9.17) is 9.72 Å².